The minimum absolute atomic E-state index is 0.117. The zero-order chi connectivity index (χ0) is 17.2. The first-order valence-electron chi connectivity index (χ1n) is 6.75. The third-order valence-electron chi connectivity index (χ3n) is 3.11. The second kappa shape index (κ2) is 6.63. The van der Waals surface area contributed by atoms with Crippen LogP contribution in [0.25, 0.3) is 0 Å². The first-order valence-corrected chi connectivity index (χ1v) is 9.46. The highest BCUT2D eigenvalue weighted by Crippen LogP contribution is 2.21. The van der Waals surface area contributed by atoms with Gasteiger partial charge in [-0.3, -0.25) is 10.1 Å². The minimum atomic E-state index is -3.43. The Morgan fingerprint density at radius 2 is 1.96 bits per heavy atom. The molecule has 1 aromatic heterocycles. The van der Waals surface area contributed by atoms with E-state index >= 15 is 0 Å². The van der Waals surface area contributed by atoms with Gasteiger partial charge >= 0.3 is 0 Å². The average molecular weight is 355 g/mol. The zero-order valence-electron chi connectivity index (χ0n) is 13.2. The number of sulfone groups is 1. The van der Waals surface area contributed by atoms with Gasteiger partial charge in [-0.25, -0.2) is 8.42 Å². The van der Waals surface area contributed by atoms with Crippen LogP contribution >= 0.6 is 11.3 Å². The Balaban J connectivity index is 2.02. The molecule has 1 amide bonds. The highest BCUT2D eigenvalue weighted by Gasteiger charge is 2.19. The first kappa shape index (κ1) is 17.4. The normalized spacial score (nSPS) is 12.7. The molecule has 0 spiro atoms. The van der Waals surface area contributed by atoms with Crippen LogP contribution in [0.1, 0.15) is 18.1 Å². The molecule has 0 unspecified atom stereocenters. The lowest BCUT2D eigenvalue weighted by Crippen LogP contribution is -2.30. The lowest BCUT2D eigenvalue weighted by atomic mass is 10.1. The van der Waals surface area contributed by atoms with Gasteiger partial charge in [-0.1, -0.05) is 17.4 Å². The van der Waals surface area contributed by atoms with Gasteiger partial charge in [0.1, 0.15) is 5.75 Å². The van der Waals surface area contributed by atoms with Crippen molar-refractivity contribution < 1.29 is 17.9 Å². The van der Waals surface area contributed by atoms with Gasteiger partial charge in [-0.2, -0.15) is 0 Å². The van der Waals surface area contributed by atoms with E-state index in [1.54, 1.807) is 13.0 Å². The smallest absolute Gasteiger partial charge is 0.266 e. The van der Waals surface area contributed by atoms with Crippen molar-refractivity contribution in [2.45, 2.75) is 31.2 Å². The number of rotatable bonds is 5. The van der Waals surface area contributed by atoms with Crippen LogP contribution in [0.2, 0.25) is 0 Å². The molecular formula is C14H17N3O4S2. The predicted octanol–water partition coefficient (Wildman–Crippen LogP) is 1.96. The molecule has 0 saturated carbocycles. The third-order valence-corrected chi connectivity index (χ3v) is 5.62. The average Bonchev–Trinajstić information content (AvgIpc) is 2.91. The van der Waals surface area contributed by atoms with E-state index in [0.29, 0.717) is 5.75 Å². The third kappa shape index (κ3) is 4.49. The van der Waals surface area contributed by atoms with Gasteiger partial charge < -0.3 is 4.74 Å². The summed E-state index contributed by atoms with van der Waals surface area (Å²) in [6, 6.07) is 5.56. The molecule has 7 nitrogen and oxygen atoms in total. The lowest BCUT2D eigenvalue weighted by molar-refractivity contribution is -0.122. The molecule has 0 bridgehead atoms. The van der Waals surface area contributed by atoms with Crippen molar-refractivity contribution in [2.24, 2.45) is 0 Å². The number of aryl methyl sites for hydroxylation is 2. The van der Waals surface area contributed by atoms with Gasteiger partial charge in [0, 0.05) is 6.26 Å². The van der Waals surface area contributed by atoms with Crippen molar-refractivity contribution >= 4 is 32.2 Å². The Morgan fingerprint density at radius 3 is 2.52 bits per heavy atom. The number of carbonyl (C=O) groups excluding carboxylic acids is 1. The second-order valence-corrected chi connectivity index (χ2v) is 8.31. The lowest BCUT2D eigenvalue weighted by Gasteiger charge is -2.14. The number of amides is 1. The summed E-state index contributed by atoms with van der Waals surface area (Å²) >= 11 is 0.799. The van der Waals surface area contributed by atoms with E-state index in [-0.39, 0.29) is 9.47 Å². The van der Waals surface area contributed by atoms with E-state index in [2.05, 4.69) is 15.5 Å². The summed E-state index contributed by atoms with van der Waals surface area (Å²) in [5.41, 5.74) is 2.20. The fourth-order valence-corrected chi connectivity index (χ4v) is 3.17. The fraction of sp³-hybridized carbons (Fsp3) is 0.357. The molecule has 0 aliphatic heterocycles. The summed E-state index contributed by atoms with van der Waals surface area (Å²) in [6.07, 6.45) is 0.271. The Hall–Kier alpha value is -2.00. The van der Waals surface area contributed by atoms with Gasteiger partial charge in [0.2, 0.25) is 19.3 Å². The molecular weight excluding hydrogens is 338 g/mol. The molecule has 0 fully saturated rings. The number of benzene rings is 1. The Morgan fingerprint density at radius 1 is 1.26 bits per heavy atom. The monoisotopic (exact) mass is 355 g/mol. The summed E-state index contributed by atoms with van der Waals surface area (Å²) in [6.45, 7) is 5.55. The van der Waals surface area contributed by atoms with Crippen molar-refractivity contribution in [3.05, 3.63) is 29.3 Å². The van der Waals surface area contributed by atoms with Gasteiger partial charge in [0.25, 0.3) is 5.91 Å². The van der Waals surface area contributed by atoms with Gasteiger partial charge in [0.05, 0.1) is 0 Å². The molecule has 2 rings (SSSR count). The van der Waals surface area contributed by atoms with Gasteiger partial charge in [0.15, 0.2) is 6.10 Å². The molecule has 9 heteroatoms. The SMILES string of the molecule is Cc1ccc(O[C@@H](C)C(=O)Nc2nnc(S(C)(=O)=O)s2)cc1C. The van der Waals surface area contributed by atoms with Crippen LogP contribution in [-0.4, -0.2) is 36.9 Å². The van der Waals surface area contributed by atoms with Crippen LogP contribution in [-0.2, 0) is 14.6 Å². The Bertz CT molecular complexity index is 830. The summed E-state index contributed by atoms with van der Waals surface area (Å²) in [7, 11) is -3.43. The number of nitrogens with zero attached hydrogens (tertiary/aromatic N) is 2. The highest BCUT2D eigenvalue weighted by atomic mass is 32.2. The van der Waals surface area contributed by atoms with Crippen LogP contribution in [0.4, 0.5) is 5.13 Å². The van der Waals surface area contributed by atoms with Crippen LogP contribution < -0.4 is 10.1 Å². The summed E-state index contributed by atoms with van der Waals surface area (Å²) in [5.74, 6) is 0.157. The summed E-state index contributed by atoms with van der Waals surface area (Å²) in [5, 5.41) is 9.78. The summed E-state index contributed by atoms with van der Waals surface area (Å²) in [4.78, 5) is 12.1. The van der Waals surface area contributed by atoms with Crippen molar-refractivity contribution in [3.63, 3.8) is 0 Å². The Kier molecular flexibility index (Phi) is 5.00. The largest absolute Gasteiger partial charge is 0.481 e. The number of anilines is 1. The number of aromatic nitrogens is 2. The van der Waals surface area contributed by atoms with E-state index in [9.17, 15) is 13.2 Å². The maximum Gasteiger partial charge on any atom is 0.266 e. The molecule has 2 aromatic rings. The van der Waals surface area contributed by atoms with E-state index in [1.807, 2.05) is 26.0 Å². The maximum absolute atomic E-state index is 12.1. The molecule has 1 heterocycles. The number of carbonyl (C=O) groups is 1. The molecule has 1 aromatic carbocycles. The maximum atomic E-state index is 12.1. The zero-order valence-corrected chi connectivity index (χ0v) is 14.8. The number of hydrogen-bond donors (Lipinski definition) is 1. The van der Waals surface area contributed by atoms with E-state index < -0.39 is 21.8 Å². The molecule has 0 radical (unpaired) electrons. The highest BCUT2D eigenvalue weighted by molar-refractivity contribution is 7.92. The quantitative estimate of drug-likeness (QED) is 0.823. The van der Waals surface area contributed by atoms with Crippen molar-refractivity contribution in [2.75, 3.05) is 11.6 Å². The standard InChI is InChI=1S/C14H17N3O4S2/c1-8-5-6-11(7-9(8)2)21-10(3)12(18)15-13-16-17-14(22-13)23(4,19)20/h5-7,10H,1-4H3,(H,15,16,18)/t10-/m0/s1. The first-order chi connectivity index (χ1) is 10.7. The molecule has 1 atom stereocenters. The molecule has 124 valence electrons. The van der Waals surface area contributed by atoms with Crippen molar-refractivity contribution in [1.82, 2.24) is 10.2 Å². The van der Waals surface area contributed by atoms with Crippen molar-refractivity contribution in [1.29, 1.82) is 0 Å². The Labute approximate surface area is 138 Å². The fourth-order valence-electron chi connectivity index (χ4n) is 1.66. The van der Waals surface area contributed by atoms with Crippen LogP contribution in [0.3, 0.4) is 0 Å². The van der Waals surface area contributed by atoms with Crippen molar-refractivity contribution in [3.8, 4) is 5.75 Å². The number of nitrogens with one attached hydrogen (secondary N) is 1. The van der Waals surface area contributed by atoms with Crippen LogP contribution in [0, 0.1) is 13.8 Å². The minimum Gasteiger partial charge on any atom is -0.481 e. The molecule has 23 heavy (non-hydrogen) atoms. The van der Waals surface area contributed by atoms with Gasteiger partial charge in [-0.15, -0.1) is 10.2 Å². The van der Waals surface area contributed by atoms with E-state index in [1.165, 1.54) is 0 Å². The number of hydrogen-bond acceptors (Lipinski definition) is 7. The second-order valence-electron chi connectivity index (χ2n) is 5.14. The van der Waals surface area contributed by atoms with E-state index in [0.717, 1.165) is 28.7 Å². The van der Waals surface area contributed by atoms with Crippen LogP contribution in [0.15, 0.2) is 22.5 Å². The molecule has 0 aliphatic rings. The number of ether oxygens (including phenoxy) is 1. The van der Waals surface area contributed by atoms with E-state index in [4.69, 9.17) is 4.74 Å². The molecule has 0 saturated heterocycles. The summed E-state index contributed by atoms with van der Waals surface area (Å²) < 4.78 is 28.1. The molecule has 0 aliphatic carbocycles. The molecule has 1 N–H and O–H groups in total. The predicted molar refractivity (Wildman–Crippen MR) is 87.7 cm³/mol. The van der Waals surface area contributed by atoms with Gasteiger partial charge in [-0.05, 0) is 44.0 Å². The topological polar surface area (TPSA) is 98.2 Å². The van der Waals surface area contributed by atoms with Crippen LogP contribution in [0.5, 0.6) is 5.75 Å².